The number of hydrogen-bond acceptors (Lipinski definition) is 5. The number of ether oxygens (including phenoxy) is 1. The van der Waals surface area contributed by atoms with Crippen molar-refractivity contribution < 1.29 is 9.53 Å². The molecule has 0 spiro atoms. The van der Waals surface area contributed by atoms with E-state index in [2.05, 4.69) is 26.5 Å². The smallest absolute Gasteiger partial charge is 0.236 e. The van der Waals surface area contributed by atoms with Gasteiger partial charge in [0, 0.05) is 51.9 Å². The van der Waals surface area contributed by atoms with Gasteiger partial charge in [0.2, 0.25) is 5.91 Å². The average molecular weight is 353 g/mol. The molecule has 0 saturated carbocycles. The van der Waals surface area contributed by atoms with Crippen molar-refractivity contribution in [3.63, 3.8) is 0 Å². The summed E-state index contributed by atoms with van der Waals surface area (Å²) in [4.78, 5) is 22.1. The average Bonchev–Trinajstić information content (AvgIpc) is 2.64. The molecule has 3 aliphatic heterocycles. The minimum atomic E-state index is 0.341. The summed E-state index contributed by atoms with van der Waals surface area (Å²) in [6.45, 7) is 14.4. The topological polar surface area (TPSA) is 39.3 Å². The van der Waals surface area contributed by atoms with E-state index in [1.807, 2.05) is 0 Å². The van der Waals surface area contributed by atoms with Gasteiger partial charge in [-0.05, 0) is 45.7 Å². The highest BCUT2D eigenvalue weighted by Gasteiger charge is 2.26. The highest BCUT2D eigenvalue weighted by Crippen LogP contribution is 2.17. The molecule has 3 heterocycles. The largest absolute Gasteiger partial charge is 0.379 e. The maximum Gasteiger partial charge on any atom is 0.236 e. The Labute approximate surface area is 153 Å². The van der Waals surface area contributed by atoms with Gasteiger partial charge in [-0.3, -0.25) is 14.6 Å². The maximum atomic E-state index is 12.6. The molecule has 144 valence electrons. The molecule has 6 heteroatoms. The Morgan fingerprint density at radius 2 is 1.52 bits per heavy atom. The number of amides is 1. The van der Waals surface area contributed by atoms with Crippen molar-refractivity contribution in [3.05, 3.63) is 0 Å². The van der Waals surface area contributed by atoms with Crippen molar-refractivity contribution in [2.45, 2.75) is 38.6 Å². The second kappa shape index (κ2) is 9.86. The van der Waals surface area contributed by atoms with Crippen LogP contribution >= 0.6 is 0 Å². The van der Waals surface area contributed by atoms with Gasteiger partial charge >= 0.3 is 0 Å². The van der Waals surface area contributed by atoms with E-state index in [-0.39, 0.29) is 0 Å². The third kappa shape index (κ3) is 5.91. The van der Waals surface area contributed by atoms with E-state index in [1.165, 1.54) is 38.8 Å². The number of nitrogens with zero attached hydrogens (tertiary/aromatic N) is 4. The van der Waals surface area contributed by atoms with Gasteiger partial charge in [0.25, 0.3) is 0 Å². The molecule has 3 saturated heterocycles. The highest BCUT2D eigenvalue weighted by atomic mass is 16.5. The molecule has 1 atom stereocenters. The molecule has 3 rings (SSSR count). The van der Waals surface area contributed by atoms with E-state index in [4.69, 9.17) is 4.74 Å². The molecule has 1 unspecified atom stereocenters. The fourth-order valence-corrected chi connectivity index (χ4v) is 4.26. The van der Waals surface area contributed by atoms with Gasteiger partial charge in [-0.25, -0.2) is 0 Å². The van der Waals surface area contributed by atoms with Crippen LogP contribution in [-0.2, 0) is 9.53 Å². The van der Waals surface area contributed by atoms with Crippen molar-refractivity contribution in [2.24, 2.45) is 0 Å². The molecule has 0 aromatic rings. The zero-order chi connectivity index (χ0) is 17.5. The fraction of sp³-hybridized carbons (Fsp3) is 0.947. The molecule has 3 fully saturated rings. The van der Waals surface area contributed by atoms with Crippen LogP contribution in [0.25, 0.3) is 0 Å². The molecule has 3 aliphatic rings. The normalized spacial score (nSPS) is 27.6. The standard InChI is InChI=1S/C19H36N4O2/c1-18-5-2-3-8-23(18)19(24)17-22-11-9-20(10-12-22)6-4-7-21-13-15-25-16-14-21/h18H,2-17H2,1H3. The molecular weight excluding hydrogens is 316 g/mol. The summed E-state index contributed by atoms with van der Waals surface area (Å²) in [5, 5.41) is 0. The molecule has 0 N–H and O–H groups in total. The Morgan fingerprint density at radius 3 is 2.20 bits per heavy atom. The summed E-state index contributed by atoms with van der Waals surface area (Å²) in [5.74, 6) is 0.341. The number of morpholine rings is 1. The number of hydrogen-bond donors (Lipinski definition) is 0. The minimum Gasteiger partial charge on any atom is -0.379 e. The van der Waals surface area contributed by atoms with Gasteiger partial charge in [-0.2, -0.15) is 0 Å². The summed E-state index contributed by atoms with van der Waals surface area (Å²) in [7, 11) is 0. The van der Waals surface area contributed by atoms with Gasteiger partial charge < -0.3 is 14.5 Å². The zero-order valence-electron chi connectivity index (χ0n) is 16.0. The molecule has 6 nitrogen and oxygen atoms in total. The van der Waals surface area contributed by atoms with Crippen molar-refractivity contribution in [1.29, 1.82) is 0 Å². The lowest BCUT2D eigenvalue weighted by Crippen LogP contribution is -2.52. The van der Waals surface area contributed by atoms with Crippen LogP contribution in [0.4, 0.5) is 0 Å². The lowest BCUT2D eigenvalue weighted by atomic mass is 10.0. The fourth-order valence-electron chi connectivity index (χ4n) is 4.26. The van der Waals surface area contributed by atoms with Gasteiger partial charge in [0.15, 0.2) is 0 Å². The van der Waals surface area contributed by atoms with Crippen molar-refractivity contribution in [2.75, 3.05) is 78.7 Å². The second-order valence-corrected chi connectivity index (χ2v) is 7.86. The molecule has 1 amide bonds. The van der Waals surface area contributed by atoms with E-state index >= 15 is 0 Å². The zero-order valence-corrected chi connectivity index (χ0v) is 16.0. The number of rotatable bonds is 6. The first-order valence-electron chi connectivity index (χ1n) is 10.3. The minimum absolute atomic E-state index is 0.341. The third-order valence-electron chi connectivity index (χ3n) is 6.00. The highest BCUT2D eigenvalue weighted by molar-refractivity contribution is 5.78. The van der Waals surface area contributed by atoms with Gasteiger partial charge in [0.1, 0.15) is 0 Å². The number of carbonyl (C=O) groups is 1. The van der Waals surface area contributed by atoms with Crippen molar-refractivity contribution in [1.82, 2.24) is 19.6 Å². The number of piperazine rings is 1. The molecular formula is C19H36N4O2. The van der Waals surface area contributed by atoms with Crippen LogP contribution in [0.3, 0.4) is 0 Å². The SMILES string of the molecule is CC1CCCCN1C(=O)CN1CCN(CCCN2CCOCC2)CC1. The lowest BCUT2D eigenvalue weighted by Gasteiger charge is -2.38. The van der Waals surface area contributed by atoms with E-state index in [0.717, 1.165) is 59.0 Å². The first kappa shape index (κ1) is 19.1. The van der Waals surface area contributed by atoms with E-state index in [1.54, 1.807) is 0 Å². The Balaban J connectivity index is 1.29. The predicted molar refractivity (Wildman–Crippen MR) is 99.8 cm³/mol. The molecule has 0 bridgehead atoms. The lowest BCUT2D eigenvalue weighted by molar-refractivity contribution is -0.136. The van der Waals surface area contributed by atoms with Gasteiger partial charge in [-0.15, -0.1) is 0 Å². The van der Waals surface area contributed by atoms with Crippen LogP contribution in [-0.4, -0.2) is 110 Å². The van der Waals surface area contributed by atoms with E-state index < -0.39 is 0 Å². The predicted octanol–water partition coefficient (Wildman–Crippen LogP) is 0.727. The van der Waals surface area contributed by atoms with Crippen LogP contribution in [0, 0.1) is 0 Å². The van der Waals surface area contributed by atoms with Crippen LogP contribution in [0.5, 0.6) is 0 Å². The first-order valence-corrected chi connectivity index (χ1v) is 10.3. The Bertz CT molecular complexity index is 406. The molecule has 0 aromatic heterocycles. The van der Waals surface area contributed by atoms with E-state index in [9.17, 15) is 4.79 Å². The molecule has 0 aliphatic carbocycles. The Hall–Kier alpha value is -0.690. The van der Waals surface area contributed by atoms with Crippen LogP contribution in [0.1, 0.15) is 32.6 Å². The number of likely N-dealkylation sites (tertiary alicyclic amines) is 1. The molecule has 25 heavy (non-hydrogen) atoms. The van der Waals surface area contributed by atoms with Crippen LogP contribution < -0.4 is 0 Å². The Morgan fingerprint density at radius 1 is 0.880 bits per heavy atom. The van der Waals surface area contributed by atoms with Crippen molar-refractivity contribution in [3.8, 4) is 0 Å². The maximum absolute atomic E-state index is 12.6. The molecule has 0 radical (unpaired) electrons. The monoisotopic (exact) mass is 352 g/mol. The van der Waals surface area contributed by atoms with Crippen LogP contribution in [0.2, 0.25) is 0 Å². The number of piperidine rings is 1. The summed E-state index contributed by atoms with van der Waals surface area (Å²) >= 11 is 0. The number of carbonyl (C=O) groups excluding carboxylic acids is 1. The summed E-state index contributed by atoms with van der Waals surface area (Å²) in [6.07, 6.45) is 4.86. The second-order valence-electron chi connectivity index (χ2n) is 7.86. The third-order valence-corrected chi connectivity index (χ3v) is 6.00. The van der Waals surface area contributed by atoms with E-state index in [0.29, 0.717) is 18.5 Å². The first-order chi connectivity index (χ1) is 12.2. The quantitative estimate of drug-likeness (QED) is 0.705. The Kier molecular flexibility index (Phi) is 7.52. The van der Waals surface area contributed by atoms with Crippen molar-refractivity contribution >= 4 is 5.91 Å². The summed E-state index contributed by atoms with van der Waals surface area (Å²) in [5.41, 5.74) is 0. The van der Waals surface area contributed by atoms with Gasteiger partial charge in [0.05, 0.1) is 19.8 Å². The summed E-state index contributed by atoms with van der Waals surface area (Å²) < 4.78 is 5.40. The van der Waals surface area contributed by atoms with Gasteiger partial charge in [-0.1, -0.05) is 0 Å². The molecule has 0 aromatic carbocycles. The summed E-state index contributed by atoms with van der Waals surface area (Å²) in [6, 6.07) is 0.433. The van der Waals surface area contributed by atoms with Crippen LogP contribution in [0.15, 0.2) is 0 Å².